The molecule has 1 rings (SSSR count). The second-order valence-corrected chi connectivity index (χ2v) is 5.63. The van der Waals surface area contributed by atoms with Gasteiger partial charge < -0.3 is 10.6 Å². The lowest BCUT2D eigenvalue weighted by Crippen LogP contribution is -2.43. The van der Waals surface area contributed by atoms with Crippen LogP contribution in [0, 0.1) is 0 Å². The third-order valence-corrected chi connectivity index (χ3v) is 2.94. The van der Waals surface area contributed by atoms with E-state index in [0.717, 1.165) is 0 Å². The van der Waals surface area contributed by atoms with Crippen LogP contribution in [0.5, 0.6) is 0 Å². The normalized spacial score (nSPS) is 11.1. The highest BCUT2D eigenvalue weighted by Crippen LogP contribution is 2.25. The summed E-state index contributed by atoms with van der Waals surface area (Å²) in [6.07, 6.45) is 1.33. The van der Waals surface area contributed by atoms with Crippen molar-refractivity contribution in [2.75, 3.05) is 11.9 Å². The molecule has 0 atom stereocenters. The molecule has 0 aliphatic heterocycles. The molecule has 0 aliphatic rings. The molecule has 1 amide bonds. The number of carbonyl (C=O) groups is 1. The molecule has 0 saturated carbocycles. The van der Waals surface area contributed by atoms with Crippen LogP contribution in [0.3, 0.4) is 0 Å². The average molecular weight is 322 g/mol. The van der Waals surface area contributed by atoms with E-state index in [-0.39, 0.29) is 18.0 Å². The van der Waals surface area contributed by atoms with Crippen molar-refractivity contribution >= 4 is 39.3 Å². The Hall–Kier alpha value is -0.880. The quantitative estimate of drug-likeness (QED) is 0.838. The van der Waals surface area contributed by atoms with Gasteiger partial charge in [0.15, 0.2) is 0 Å². The number of hydrogen-bond donors (Lipinski definition) is 2. The van der Waals surface area contributed by atoms with Gasteiger partial charge in [0, 0.05) is 5.54 Å². The summed E-state index contributed by atoms with van der Waals surface area (Å²) in [6, 6.07) is 0. The Morgan fingerprint density at radius 3 is 2.71 bits per heavy atom. The van der Waals surface area contributed by atoms with Crippen LogP contribution in [-0.2, 0) is 4.79 Å². The van der Waals surface area contributed by atoms with E-state index in [2.05, 4.69) is 36.5 Å². The number of amides is 1. The molecular weight excluding hydrogens is 307 g/mol. The molecular formula is C10H14BrClN4O. The minimum absolute atomic E-state index is 0.112. The molecule has 1 heterocycles. The lowest BCUT2D eigenvalue weighted by molar-refractivity contribution is -0.120. The number of rotatable bonds is 3. The summed E-state index contributed by atoms with van der Waals surface area (Å²) in [6.45, 7) is 5.89. The van der Waals surface area contributed by atoms with Crippen LogP contribution in [-0.4, -0.2) is 28.0 Å². The van der Waals surface area contributed by atoms with E-state index in [4.69, 9.17) is 11.6 Å². The van der Waals surface area contributed by atoms with Gasteiger partial charge in [0.2, 0.25) is 5.91 Å². The van der Waals surface area contributed by atoms with Crippen LogP contribution >= 0.6 is 27.5 Å². The fraction of sp³-hybridized carbons (Fsp3) is 0.500. The SMILES string of the molecule is CC(C)(C)NC(=O)CNc1ncnc(Cl)c1Br. The maximum Gasteiger partial charge on any atom is 0.239 e. The Morgan fingerprint density at radius 2 is 2.12 bits per heavy atom. The van der Waals surface area contributed by atoms with Gasteiger partial charge in [-0.25, -0.2) is 9.97 Å². The number of anilines is 1. The van der Waals surface area contributed by atoms with Gasteiger partial charge >= 0.3 is 0 Å². The van der Waals surface area contributed by atoms with Gasteiger partial charge in [-0.2, -0.15) is 0 Å². The molecule has 2 N–H and O–H groups in total. The first-order chi connectivity index (χ1) is 7.79. The van der Waals surface area contributed by atoms with E-state index in [9.17, 15) is 4.79 Å². The van der Waals surface area contributed by atoms with Gasteiger partial charge in [0.1, 0.15) is 17.3 Å². The molecule has 1 aromatic rings. The third-order valence-electron chi connectivity index (χ3n) is 1.68. The summed E-state index contributed by atoms with van der Waals surface area (Å²) in [5.74, 6) is 0.383. The van der Waals surface area contributed by atoms with Gasteiger partial charge in [0.25, 0.3) is 0 Å². The summed E-state index contributed by atoms with van der Waals surface area (Å²) in [5.41, 5.74) is -0.251. The highest BCUT2D eigenvalue weighted by atomic mass is 79.9. The maximum atomic E-state index is 11.6. The van der Waals surface area contributed by atoms with Crippen molar-refractivity contribution in [2.45, 2.75) is 26.3 Å². The van der Waals surface area contributed by atoms with E-state index in [1.807, 2.05) is 20.8 Å². The van der Waals surface area contributed by atoms with E-state index in [1.54, 1.807) is 0 Å². The van der Waals surface area contributed by atoms with Crippen LogP contribution in [0.2, 0.25) is 5.15 Å². The van der Waals surface area contributed by atoms with Crippen molar-refractivity contribution in [1.82, 2.24) is 15.3 Å². The first-order valence-corrected chi connectivity index (χ1v) is 6.17. The minimum atomic E-state index is -0.251. The fourth-order valence-electron chi connectivity index (χ4n) is 1.10. The van der Waals surface area contributed by atoms with Crippen LogP contribution in [0.4, 0.5) is 5.82 Å². The first-order valence-electron chi connectivity index (χ1n) is 5.00. The lowest BCUT2D eigenvalue weighted by atomic mass is 10.1. The zero-order chi connectivity index (χ0) is 13.1. The number of nitrogens with one attached hydrogen (secondary N) is 2. The Bertz CT molecular complexity index is 419. The standard InChI is InChI=1S/C10H14BrClN4O/c1-10(2,3)16-6(17)4-13-9-7(11)8(12)14-5-15-9/h5H,4H2,1-3H3,(H,16,17)(H,13,14,15). The Morgan fingerprint density at radius 1 is 1.47 bits per heavy atom. The highest BCUT2D eigenvalue weighted by molar-refractivity contribution is 9.10. The molecule has 0 unspecified atom stereocenters. The molecule has 94 valence electrons. The molecule has 0 saturated heterocycles. The number of carbonyl (C=O) groups excluding carboxylic acids is 1. The molecule has 0 aromatic carbocycles. The molecule has 0 radical (unpaired) electrons. The fourth-order valence-corrected chi connectivity index (χ4v) is 1.58. The average Bonchev–Trinajstić information content (AvgIpc) is 2.18. The van der Waals surface area contributed by atoms with Crippen LogP contribution in [0.1, 0.15) is 20.8 Å². The maximum absolute atomic E-state index is 11.6. The summed E-state index contributed by atoms with van der Waals surface area (Å²) < 4.78 is 0.547. The van der Waals surface area contributed by atoms with Crippen molar-refractivity contribution in [3.05, 3.63) is 16.0 Å². The molecule has 0 aliphatic carbocycles. The number of aromatic nitrogens is 2. The number of hydrogen-bond acceptors (Lipinski definition) is 4. The Balaban J connectivity index is 2.56. The second-order valence-electron chi connectivity index (χ2n) is 4.48. The molecule has 0 bridgehead atoms. The van der Waals surface area contributed by atoms with Crippen LogP contribution in [0.25, 0.3) is 0 Å². The molecule has 7 heteroatoms. The highest BCUT2D eigenvalue weighted by Gasteiger charge is 2.14. The van der Waals surface area contributed by atoms with Crippen LogP contribution < -0.4 is 10.6 Å². The lowest BCUT2D eigenvalue weighted by Gasteiger charge is -2.20. The van der Waals surface area contributed by atoms with Gasteiger partial charge in [-0.15, -0.1) is 0 Å². The predicted molar refractivity (Wildman–Crippen MR) is 71.1 cm³/mol. The van der Waals surface area contributed by atoms with Gasteiger partial charge in [-0.1, -0.05) is 11.6 Å². The Labute approximate surface area is 113 Å². The third kappa shape index (κ3) is 4.87. The van der Waals surface area contributed by atoms with Crippen molar-refractivity contribution in [3.8, 4) is 0 Å². The molecule has 17 heavy (non-hydrogen) atoms. The Kier molecular flexibility index (Phi) is 4.70. The summed E-state index contributed by atoms with van der Waals surface area (Å²) >= 11 is 9.04. The van der Waals surface area contributed by atoms with E-state index >= 15 is 0 Å². The predicted octanol–water partition coefficient (Wildman–Crippen LogP) is 2.22. The molecule has 5 nitrogen and oxygen atoms in total. The molecule has 1 aromatic heterocycles. The van der Waals surface area contributed by atoms with E-state index in [0.29, 0.717) is 15.4 Å². The van der Waals surface area contributed by atoms with Gasteiger partial charge in [0.05, 0.1) is 11.0 Å². The topological polar surface area (TPSA) is 66.9 Å². The zero-order valence-corrected chi connectivity index (χ0v) is 12.2. The molecule has 0 fully saturated rings. The zero-order valence-electron chi connectivity index (χ0n) is 9.84. The van der Waals surface area contributed by atoms with Crippen LogP contribution in [0.15, 0.2) is 10.8 Å². The smallest absolute Gasteiger partial charge is 0.239 e. The largest absolute Gasteiger partial charge is 0.360 e. The van der Waals surface area contributed by atoms with Crippen molar-refractivity contribution < 1.29 is 4.79 Å². The van der Waals surface area contributed by atoms with E-state index in [1.165, 1.54) is 6.33 Å². The van der Waals surface area contributed by atoms with Gasteiger partial charge in [-0.05, 0) is 36.7 Å². The summed E-state index contributed by atoms with van der Waals surface area (Å²) in [7, 11) is 0. The van der Waals surface area contributed by atoms with E-state index < -0.39 is 0 Å². The van der Waals surface area contributed by atoms with Crippen molar-refractivity contribution in [3.63, 3.8) is 0 Å². The van der Waals surface area contributed by atoms with Crippen molar-refractivity contribution in [2.24, 2.45) is 0 Å². The monoisotopic (exact) mass is 320 g/mol. The number of halogens is 2. The van der Waals surface area contributed by atoms with Gasteiger partial charge in [-0.3, -0.25) is 4.79 Å². The summed E-state index contributed by atoms with van der Waals surface area (Å²) in [4.78, 5) is 19.3. The second kappa shape index (κ2) is 5.64. The molecule has 0 spiro atoms. The number of nitrogens with zero attached hydrogens (tertiary/aromatic N) is 2. The first kappa shape index (κ1) is 14.2. The van der Waals surface area contributed by atoms with Crippen molar-refractivity contribution in [1.29, 1.82) is 0 Å². The minimum Gasteiger partial charge on any atom is -0.360 e. The summed E-state index contributed by atoms with van der Waals surface area (Å²) in [5, 5.41) is 6.02.